The first kappa shape index (κ1) is 29.7. The number of hydrogen-bond acceptors (Lipinski definition) is 8. The van der Waals surface area contributed by atoms with Crippen LogP contribution in [-0.4, -0.2) is 41.9 Å². The Hall–Kier alpha value is -4.03. The molecule has 228 valence electrons. The lowest BCUT2D eigenvalue weighted by Gasteiger charge is -2.27. The molecule has 2 fully saturated rings. The number of aliphatic hydroxyl groups is 1. The number of fused-ring (bicyclic) bond motifs is 3. The Balaban J connectivity index is 1.29. The van der Waals surface area contributed by atoms with Gasteiger partial charge in [0, 0.05) is 23.3 Å². The van der Waals surface area contributed by atoms with E-state index in [1.807, 2.05) is 48.5 Å². The summed E-state index contributed by atoms with van der Waals surface area (Å²) in [5.74, 6) is -1.13. The van der Waals surface area contributed by atoms with Crippen molar-refractivity contribution in [3.63, 3.8) is 0 Å². The molecule has 2 atom stereocenters. The molecule has 0 bridgehead atoms. The summed E-state index contributed by atoms with van der Waals surface area (Å²) in [6, 6.07) is 24.1. The van der Waals surface area contributed by atoms with Crippen LogP contribution in [0.15, 0.2) is 77.6 Å². The van der Waals surface area contributed by atoms with Crippen LogP contribution in [0.1, 0.15) is 47.4 Å². The van der Waals surface area contributed by atoms with Crippen molar-refractivity contribution in [2.75, 3.05) is 4.90 Å². The molecule has 0 spiro atoms. The summed E-state index contributed by atoms with van der Waals surface area (Å²) < 4.78 is 2.20. The van der Waals surface area contributed by atoms with E-state index in [-0.39, 0.29) is 17.4 Å². The minimum absolute atomic E-state index is 0.00540. The third kappa shape index (κ3) is 5.43. The third-order valence-corrected chi connectivity index (χ3v) is 11.3. The number of anilines is 2. The van der Waals surface area contributed by atoms with Crippen molar-refractivity contribution in [1.82, 2.24) is 9.47 Å². The van der Waals surface area contributed by atoms with Crippen molar-refractivity contribution in [2.45, 2.75) is 50.9 Å². The van der Waals surface area contributed by atoms with Gasteiger partial charge in [-0.1, -0.05) is 78.9 Å². The van der Waals surface area contributed by atoms with Crippen LogP contribution in [0.25, 0.3) is 11.0 Å². The molecule has 4 aromatic rings. The first-order chi connectivity index (χ1) is 21.8. The minimum Gasteiger partial charge on any atom is -0.480 e. The van der Waals surface area contributed by atoms with E-state index in [2.05, 4.69) is 29.2 Å². The van der Waals surface area contributed by atoms with E-state index in [1.165, 1.54) is 15.0 Å². The number of rotatable bonds is 7. The highest BCUT2D eigenvalue weighted by molar-refractivity contribution is 8.30. The van der Waals surface area contributed by atoms with E-state index >= 15 is 0 Å². The summed E-state index contributed by atoms with van der Waals surface area (Å²) in [6.45, 7) is -0.257. The molecule has 1 amide bonds. The Bertz CT molecular complexity index is 2020. The van der Waals surface area contributed by atoms with Gasteiger partial charge in [-0.3, -0.25) is 23.9 Å². The summed E-state index contributed by atoms with van der Waals surface area (Å²) in [7, 11) is 0. The summed E-state index contributed by atoms with van der Waals surface area (Å²) in [5, 5.41) is 19.1. The van der Waals surface area contributed by atoms with Gasteiger partial charge in [0.05, 0.1) is 17.7 Å². The second-order valence-electron chi connectivity index (χ2n) is 11.4. The molecule has 2 N–H and O–H groups in total. The number of carboxylic acids is 1. The number of carbonyl (C=O) groups excluding carboxylic acids is 1. The number of nitrogens with zero attached hydrogens (tertiary/aromatic N) is 3. The molecule has 1 saturated carbocycles. The average molecular weight is 656 g/mol. The Morgan fingerprint density at radius 3 is 2.51 bits per heavy atom. The summed E-state index contributed by atoms with van der Waals surface area (Å²) in [6.07, 6.45) is 5.10. The number of aliphatic hydroxyl groups excluding tert-OH is 1. The number of thiazole rings is 1. The minimum atomic E-state index is -1.17. The van der Waals surface area contributed by atoms with E-state index in [0.29, 0.717) is 32.0 Å². The third-order valence-electron chi connectivity index (χ3n) is 8.64. The fraction of sp³-hybridized carbons (Fsp3) is 0.235. The molecule has 8 nitrogen and oxygen atoms in total. The zero-order chi connectivity index (χ0) is 31.2. The Morgan fingerprint density at radius 2 is 1.78 bits per heavy atom. The molecule has 1 aliphatic carbocycles. The van der Waals surface area contributed by atoms with Gasteiger partial charge in [-0.25, -0.2) is 0 Å². The lowest BCUT2D eigenvalue weighted by atomic mass is 9.96. The predicted octanol–water partition coefficient (Wildman–Crippen LogP) is 4.27. The van der Waals surface area contributed by atoms with E-state index in [0.717, 1.165) is 70.4 Å². The number of aromatic nitrogens is 1. The molecule has 7 rings (SSSR count). The highest BCUT2D eigenvalue weighted by Gasteiger charge is 2.42. The van der Waals surface area contributed by atoms with E-state index in [1.54, 1.807) is 6.08 Å². The normalized spacial score (nSPS) is 20.7. The van der Waals surface area contributed by atoms with Crippen molar-refractivity contribution in [2.24, 2.45) is 0 Å². The predicted molar refractivity (Wildman–Crippen MR) is 181 cm³/mol. The average Bonchev–Trinajstić information content (AvgIpc) is 3.78. The van der Waals surface area contributed by atoms with E-state index in [9.17, 15) is 24.6 Å². The molecule has 3 aliphatic rings. The second-order valence-corrected chi connectivity index (χ2v) is 14.1. The van der Waals surface area contributed by atoms with Crippen LogP contribution in [0, 0.1) is 0 Å². The topological polar surface area (TPSA) is 103 Å². The number of amides is 1. The highest BCUT2D eigenvalue weighted by Crippen LogP contribution is 2.52. The smallest absolute Gasteiger partial charge is 0.323 e. The standard InChI is InChI=1S/C34H29N3O5S3/c38-19-21-9-12-23(13-10-21)37-26-8-4-7-24(26)25-15-22(11-14-27(25)37)16-28-31(41)35(18-29(39)40)33(44-28)30-32(42)36(34(43)45-30)17-20-5-2-1-3-6-20/h1-3,5-6,9-16,24,26,38H,4,7-8,17-19H2,(H,39,40). The monoisotopic (exact) mass is 655 g/mol. The van der Waals surface area contributed by atoms with Crippen LogP contribution in [0.2, 0.25) is 0 Å². The molecule has 0 radical (unpaired) electrons. The number of aliphatic carboxylic acids is 1. The van der Waals surface area contributed by atoms with Crippen molar-refractivity contribution in [3.8, 4) is 0 Å². The molecule has 3 heterocycles. The van der Waals surface area contributed by atoms with Crippen LogP contribution in [0.4, 0.5) is 11.4 Å². The van der Waals surface area contributed by atoms with Crippen molar-refractivity contribution < 1.29 is 19.8 Å². The number of benzene rings is 3. The summed E-state index contributed by atoms with van der Waals surface area (Å²) in [4.78, 5) is 43.1. The van der Waals surface area contributed by atoms with Gasteiger partial charge in [0.15, 0.2) is 0 Å². The van der Waals surface area contributed by atoms with Gasteiger partial charge in [0.25, 0.3) is 11.5 Å². The summed E-state index contributed by atoms with van der Waals surface area (Å²) in [5.41, 5.74) is 5.66. The van der Waals surface area contributed by atoms with Gasteiger partial charge in [-0.2, -0.15) is 0 Å². The first-order valence-electron chi connectivity index (χ1n) is 14.7. The lowest BCUT2D eigenvalue weighted by molar-refractivity contribution is -0.137. The van der Waals surface area contributed by atoms with Crippen molar-refractivity contribution in [1.29, 1.82) is 0 Å². The Morgan fingerprint density at radius 1 is 1.00 bits per heavy atom. The number of carbonyl (C=O) groups is 2. The van der Waals surface area contributed by atoms with Crippen LogP contribution in [0.5, 0.6) is 0 Å². The maximum absolute atomic E-state index is 13.6. The van der Waals surface area contributed by atoms with Crippen LogP contribution in [0.3, 0.4) is 0 Å². The summed E-state index contributed by atoms with van der Waals surface area (Å²) >= 11 is 7.76. The number of thiocarbonyl (C=S) groups is 1. The quantitative estimate of drug-likeness (QED) is 0.285. The fourth-order valence-corrected chi connectivity index (χ4v) is 9.12. The van der Waals surface area contributed by atoms with Crippen LogP contribution < -0.4 is 19.7 Å². The number of hydrogen-bond donors (Lipinski definition) is 2. The molecule has 2 aliphatic heterocycles. The number of thioether (sulfide) groups is 1. The maximum atomic E-state index is 13.6. The molecular formula is C34H29N3O5S3. The molecule has 2 unspecified atom stereocenters. The zero-order valence-corrected chi connectivity index (χ0v) is 26.5. The van der Waals surface area contributed by atoms with Gasteiger partial charge in [0.1, 0.15) is 20.4 Å². The Labute approximate surface area is 272 Å². The molecule has 3 aromatic carbocycles. The molecule has 1 aromatic heterocycles. The second kappa shape index (κ2) is 12.1. The molecule has 11 heteroatoms. The SMILES string of the molecule is O=C(O)Cn1c(=C2SC(=S)N(Cc3ccccc3)C2=O)sc(=Cc2ccc3c(c2)C2CCCC2N3c2ccc(CO)cc2)c1=O. The molecular weight excluding hydrogens is 627 g/mol. The van der Waals surface area contributed by atoms with Gasteiger partial charge < -0.3 is 15.1 Å². The fourth-order valence-electron chi connectivity index (χ4n) is 6.61. The maximum Gasteiger partial charge on any atom is 0.323 e. The van der Waals surface area contributed by atoms with Crippen molar-refractivity contribution >= 4 is 73.9 Å². The van der Waals surface area contributed by atoms with E-state index < -0.39 is 18.1 Å². The number of carboxylic acid groups (broad SMARTS) is 1. The van der Waals surface area contributed by atoms with Gasteiger partial charge in [0.2, 0.25) is 0 Å². The first-order valence-corrected chi connectivity index (χ1v) is 16.7. The van der Waals surface area contributed by atoms with Crippen LogP contribution in [-0.2, 0) is 29.3 Å². The van der Waals surface area contributed by atoms with E-state index in [4.69, 9.17) is 12.2 Å². The highest BCUT2D eigenvalue weighted by atomic mass is 32.2. The largest absolute Gasteiger partial charge is 0.480 e. The molecule has 1 saturated heterocycles. The van der Waals surface area contributed by atoms with Gasteiger partial charge in [-0.15, -0.1) is 11.3 Å². The lowest BCUT2D eigenvalue weighted by Crippen LogP contribution is -2.35. The zero-order valence-electron chi connectivity index (χ0n) is 24.1. The van der Waals surface area contributed by atoms with Crippen molar-refractivity contribution in [3.05, 3.63) is 115 Å². The van der Waals surface area contributed by atoms with Gasteiger partial charge in [-0.05, 0) is 65.4 Å². The van der Waals surface area contributed by atoms with Gasteiger partial charge >= 0.3 is 5.97 Å². The Kier molecular flexibility index (Phi) is 7.95. The van der Waals surface area contributed by atoms with Crippen LogP contribution >= 0.6 is 35.3 Å². The molecule has 45 heavy (non-hydrogen) atoms.